The first-order chi connectivity index (χ1) is 17.9. The van der Waals surface area contributed by atoms with Gasteiger partial charge < -0.3 is 19.2 Å². The summed E-state index contributed by atoms with van der Waals surface area (Å²) in [6.07, 6.45) is 1.84. The number of piperidine rings is 1. The van der Waals surface area contributed by atoms with Crippen molar-refractivity contribution in [2.45, 2.75) is 17.6 Å². The first-order valence-electron chi connectivity index (χ1n) is 11.6. The fourth-order valence-electron chi connectivity index (χ4n) is 4.52. The first-order valence-corrected chi connectivity index (χ1v) is 13.1. The van der Waals surface area contributed by atoms with Gasteiger partial charge in [-0.05, 0) is 54.3 Å². The van der Waals surface area contributed by atoms with Crippen LogP contribution in [0.4, 0.5) is 10.3 Å². The Balaban J connectivity index is 1.52. The van der Waals surface area contributed by atoms with Crippen LogP contribution in [0.1, 0.15) is 17.9 Å². The van der Waals surface area contributed by atoms with E-state index in [0.717, 1.165) is 5.56 Å². The van der Waals surface area contributed by atoms with Crippen LogP contribution in [0.25, 0.3) is 17.3 Å². The van der Waals surface area contributed by atoms with Crippen LogP contribution in [0.3, 0.4) is 0 Å². The molecule has 37 heavy (non-hydrogen) atoms. The minimum Gasteiger partial charge on any atom is -0.494 e. The number of rotatable bonds is 8. The number of furan rings is 1. The van der Waals surface area contributed by atoms with Crippen molar-refractivity contribution in [3.05, 3.63) is 72.2 Å². The SMILES string of the molecule is COc1cccc(OC)c1-n1c(NS(=O)(=O)C2CNCC(c3ccc(F)cc3)C2)nnc1-c1ccco1. The summed E-state index contributed by atoms with van der Waals surface area (Å²) in [6, 6.07) is 14.7. The molecule has 4 aromatic rings. The van der Waals surface area contributed by atoms with E-state index in [1.165, 1.54) is 37.2 Å². The van der Waals surface area contributed by atoms with E-state index in [0.29, 0.717) is 35.9 Å². The zero-order chi connectivity index (χ0) is 26.0. The number of para-hydroxylation sites is 1. The molecule has 5 rings (SSSR count). The summed E-state index contributed by atoms with van der Waals surface area (Å²) in [5.74, 6) is 1.00. The molecule has 194 valence electrons. The quantitative estimate of drug-likeness (QED) is 0.357. The predicted octanol–water partition coefficient (Wildman–Crippen LogP) is 3.57. The van der Waals surface area contributed by atoms with Crippen LogP contribution in [0, 0.1) is 5.82 Å². The normalized spacial score (nSPS) is 17.9. The molecule has 1 fully saturated rings. The highest BCUT2D eigenvalue weighted by molar-refractivity contribution is 7.93. The summed E-state index contributed by atoms with van der Waals surface area (Å²) in [5.41, 5.74) is 1.28. The summed E-state index contributed by atoms with van der Waals surface area (Å²) in [7, 11) is -0.928. The molecule has 2 N–H and O–H groups in total. The Labute approximate surface area is 213 Å². The van der Waals surface area contributed by atoms with E-state index in [9.17, 15) is 12.8 Å². The van der Waals surface area contributed by atoms with E-state index in [1.54, 1.807) is 42.5 Å². The van der Waals surface area contributed by atoms with Crippen molar-refractivity contribution >= 4 is 16.0 Å². The highest BCUT2D eigenvalue weighted by Crippen LogP contribution is 2.38. The number of halogens is 1. The number of hydrogen-bond acceptors (Lipinski definition) is 8. The van der Waals surface area contributed by atoms with E-state index in [1.807, 2.05) is 0 Å². The van der Waals surface area contributed by atoms with Crippen LogP contribution in [0.2, 0.25) is 0 Å². The lowest BCUT2D eigenvalue weighted by atomic mass is 9.91. The number of hydrogen-bond donors (Lipinski definition) is 2. The van der Waals surface area contributed by atoms with Gasteiger partial charge in [-0.3, -0.25) is 9.29 Å². The van der Waals surface area contributed by atoms with Gasteiger partial charge >= 0.3 is 0 Å². The van der Waals surface area contributed by atoms with Crippen LogP contribution in [-0.4, -0.2) is 55.7 Å². The number of ether oxygens (including phenoxy) is 2. The summed E-state index contributed by atoms with van der Waals surface area (Å²) in [6.45, 7) is 0.846. The molecule has 2 unspecified atom stereocenters. The average molecular weight is 528 g/mol. The number of methoxy groups -OCH3 is 2. The van der Waals surface area contributed by atoms with Crippen LogP contribution < -0.4 is 19.5 Å². The van der Waals surface area contributed by atoms with Crippen molar-refractivity contribution in [3.63, 3.8) is 0 Å². The van der Waals surface area contributed by atoms with Crippen molar-refractivity contribution in [2.24, 2.45) is 0 Å². The third-order valence-electron chi connectivity index (χ3n) is 6.35. The van der Waals surface area contributed by atoms with Crippen LogP contribution in [0.5, 0.6) is 11.5 Å². The van der Waals surface area contributed by atoms with E-state index in [-0.39, 0.29) is 30.1 Å². The van der Waals surface area contributed by atoms with Gasteiger partial charge in [0.25, 0.3) is 0 Å². The van der Waals surface area contributed by atoms with Crippen molar-refractivity contribution in [3.8, 4) is 28.8 Å². The Kier molecular flexibility index (Phi) is 6.85. The molecule has 1 aliphatic heterocycles. The second kappa shape index (κ2) is 10.2. The van der Waals surface area contributed by atoms with Gasteiger partial charge in [0.05, 0.1) is 25.7 Å². The van der Waals surface area contributed by atoms with Gasteiger partial charge in [-0.25, -0.2) is 12.8 Å². The minimum atomic E-state index is -3.93. The number of aromatic nitrogens is 3. The molecule has 10 nitrogen and oxygen atoms in total. The second-order valence-electron chi connectivity index (χ2n) is 8.58. The zero-order valence-electron chi connectivity index (χ0n) is 20.2. The van der Waals surface area contributed by atoms with Gasteiger partial charge in [-0.1, -0.05) is 18.2 Å². The van der Waals surface area contributed by atoms with E-state index in [2.05, 4.69) is 20.2 Å². The van der Waals surface area contributed by atoms with E-state index < -0.39 is 15.3 Å². The Morgan fingerprint density at radius 2 is 1.76 bits per heavy atom. The Hall–Kier alpha value is -3.90. The summed E-state index contributed by atoms with van der Waals surface area (Å²) in [4.78, 5) is 0. The Morgan fingerprint density at radius 1 is 1.03 bits per heavy atom. The summed E-state index contributed by atoms with van der Waals surface area (Å²) in [5, 5.41) is 10.8. The molecule has 2 atom stereocenters. The fraction of sp³-hybridized carbons (Fsp3) is 0.280. The molecule has 0 saturated carbocycles. The maximum atomic E-state index is 13.6. The van der Waals surface area contributed by atoms with Gasteiger partial charge in [0.1, 0.15) is 23.0 Å². The first kappa shape index (κ1) is 24.8. The molecule has 3 heterocycles. The lowest BCUT2D eigenvalue weighted by Gasteiger charge is -2.30. The minimum absolute atomic E-state index is 0.0434. The average Bonchev–Trinajstić information content (AvgIpc) is 3.58. The molecule has 2 aromatic heterocycles. The molecule has 0 amide bonds. The number of anilines is 1. The molecule has 2 aromatic carbocycles. The lowest BCUT2D eigenvalue weighted by Crippen LogP contribution is -2.44. The highest BCUT2D eigenvalue weighted by Gasteiger charge is 2.34. The largest absolute Gasteiger partial charge is 0.494 e. The third-order valence-corrected chi connectivity index (χ3v) is 8.06. The maximum absolute atomic E-state index is 13.6. The van der Waals surface area contributed by atoms with Crippen LogP contribution in [-0.2, 0) is 10.0 Å². The van der Waals surface area contributed by atoms with Crippen molar-refractivity contribution in [1.82, 2.24) is 20.1 Å². The molecule has 0 bridgehead atoms. The number of nitrogens with one attached hydrogen (secondary N) is 2. The van der Waals surface area contributed by atoms with Gasteiger partial charge in [0, 0.05) is 13.1 Å². The number of nitrogens with zero attached hydrogens (tertiary/aromatic N) is 3. The smallest absolute Gasteiger partial charge is 0.243 e. The third kappa shape index (κ3) is 4.89. The topological polar surface area (TPSA) is 121 Å². The Bertz CT molecular complexity index is 1450. The maximum Gasteiger partial charge on any atom is 0.243 e. The van der Waals surface area contributed by atoms with Gasteiger partial charge in [0.15, 0.2) is 5.76 Å². The molecule has 0 radical (unpaired) electrons. The molecule has 12 heteroatoms. The molecule has 0 aliphatic carbocycles. The fourth-order valence-corrected chi connectivity index (χ4v) is 5.89. The number of sulfonamides is 1. The van der Waals surface area contributed by atoms with Crippen molar-refractivity contribution < 1.29 is 26.7 Å². The van der Waals surface area contributed by atoms with Crippen molar-refractivity contribution in [1.29, 1.82) is 0 Å². The molecule has 1 aliphatic rings. The standard InChI is InChI=1S/C25H26FN5O5S/c1-34-20-5-3-6-21(35-2)23(20)31-24(22-7-4-12-36-22)28-29-25(31)30-37(32,33)19-13-17(14-27-15-19)16-8-10-18(26)11-9-16/h3-12,17,19,27H,13-15H2,1-2H3,(H,29,30). The second-order valence-corrected chi connectivity index (χ2v) is 10.5. The molecular formula is C25H26FN5O5S. The van der Waals surface area contributed by atoms with Crippen molar-refractivity contribution in [2.75, 3.05) is 32.0 Å². The molecular weight excluding hydrogens is 501 g/mol. The van der Waals surface area contributed by atoms with Crippen LogP contribution in [0.15, 0.2) is 65.3 Å². The predicted molar refractivity (Wildman–Crippen MR) is 135 cm³/mol. The summed E-state index contributed by atoms with van der Waals surface area (Å²) >= 11 is 0. The van der Waals surface area contributed by atoms with Crippen LogP contribution >= 0.6 is 0 Å². The molecule has 0 spiro atoms. The molecule has 1 saturated heterocycles. The zero-order valence-corrected chi connectivity index (χ0v) is 21.0. The van der Waals surface area contributed by atoms with Gasteiger partial charge in [0.2, 0.25) is 21.8 Å². The lowest BCUT2D eigenvalue weighted by molar-refractivity contribution is 0.391. The number of benzene rings is 2. The summed E-state index contributed by atoms with van der Waals surface area (Å²) < 4.78 is 61.4. The highest BCUT2D eigenvalue weighted by atomic mass is 32.2. The van der Waals surface area contributed by atoms with Gasteiger partial charge in [-0.15, -0.1) is 10.2 Å². The Morgan fingerprint density at radius 3 is 2.41 bits per heavy atom. The van der Waals surface area contributed by atoms with E-state index >= 15 is 0 Å². The van der Waals surface area contributed by atoms with E-state index in [4.69, 9.17) is 13.9 Å². The monoisotopic (exact) mass is 527 g/mol. The van der Waals surface area contributed by atoms with Gasteiger partial charge in [-0.2, -0.15) is 0 Å².